The maximum absolute atomic E-state index is 4.71. The minimum absolute atomic E-state index is 0. The van der Waals surface area contributed by atoms with Crippen molar-refractivity contribution in [3.05, 3.63) is 12.2 Å². The molecule has 0 saturated heterocycles. The van der Waals surface area contributed by atoms with Gasteiger partial charge in [0.2, 0.25) is 0 Å². The van der Waals surface area contributed by atoms with Crippen molar-refractivity contribution in [2.45, 2.75) is 72.9 Å². The van der Waals surface area contributed by atoms with Crippen LogP contribution in [0.1, 0.15) is 65.6 Å². The lowest BCUT2D eigenvalue weighted by Crippen LogP contribution is -2.43. The molecule has 0 aromatic carbocycles. The minimum Gasteiger partial charge on any atom is -0.357 e. The van der Waals surface area contributed by atoms with Crippen LogP contribution in [0.25, 0.3) is 0 Å². The van der Waals surface area contributed by atoms with Gasteiger partial charge in [-0.1, -0.05) is 26.7 Å². The number of halogens is 1. The molecule has 1 aromatic heterocycles. The number of guanidine groups is 1. The summed E-state index contributed by atoms with van der Waals surface area (Å²) in [6.07, 6.45) is 8.46. The molecule has 1 heterocycles. The Morgan fingerprint density at radius 3 is 2.60 bits per heavy atom. The molecular formula is C18H35IN6. The lowest BCUT2D eigenvalue weighted by molar-refractivity contribution is 0.234. The van der Waals surface area contributed by atoms with E-state index in [-0.39, 0.29) is 24.0 Å². The number of aliphatic imine (C=N–C) groups is 1. The molecule has 144 valence electrons. The van der Waals surface area contributed by atoms with Crippen molar-refractivity contribution in [1.82, 2.24) is 25.4 Å². The van der Waals surface area contributed by atoms with E-state index >= 15 is 0 Å². The Kier molecular flexibility index (Phi) is 9.74. The molecule has 1 aliphatic carbocycles. The largest absolute Gasteiger partial charge is 0.357 e. The second kappa shape index (κ2) is 11.0. The fourth-order valence-electron chi connectivity index (χ4n) is 3.87. The normalized spacial score (nSPS) is 16.8. The summed E-state index contributed by atoms with van der Waals surface area (Å²) in [5.41, 5.74) is 0.438. The van der Waals surface area contributed by atoms with Gasteiger partial charge in [0.05, 0.1) is 0 Å². The van der Waals surface area contributed by atoms with E-state index in [0.717, 1.165) is 37.3 Å². The van der Waals surface area contributed by atoms with E-state index in [2.05, 4.69) is 48.5 Å². The van der Waals surface area contributed by atoms with Gasteiger partial charge in [-0.25, -0.2) is 4.99 Å². The highest BCUT2D eigenvalue weighted by Crippen LogP contribution is 2.42. The van der Waals surface area contributed by atoms with Crippen LogP contribution in [-0.2, 0) is 13.1 Å². The van der Waals surface area contributed by atoms with Gasteiger partial charge in [0.25, 0.3) is 0 Å². The van der Waals surface area contributed by atoms with Gasteiger partial charge in [0, 0.05) is 19.6 Å². The van der Waals surface area contributed by atoms with Crippen molar-refractivity contribution in [1.29, 1.82) is 0 Å². The average Bonchev–Trinajstić information content (AvgIpc) is 3.19. The van der Waals surface area contributed by atoms with E-state index in [1.54, 1.807) is 6.33 Å². The highest BCUT2D eigenvalue weighted by atomic mass is 127. The first kappa shape index (κ1) is 22.2. The molecule has 0 atom stereocenters. The third-order valence-corrected chi connectivity index (χ3v) is 4.90. The summed E-state index contributed by atoms with van der Waals surface area (Å²) in [6, 6.07) is 0. The fraction of sp³-hybridized carbons (Fsp3) is 0.833. The summed E-state index contributed by atoms with van der Waals surface area (Å²) in [4.78, 5) is 4.71. The molecule has 1 fully saturated rings. The first-order valence-corrected chi connectivity index (χ1v) is 9.47. The summed E-state index contributed by atoms with van der Waals surface area (Å²) in [7, 11) is 0. The van der Waals surface area contributed by atoms with Gasteiger partial charge in [-0.2, -0.15) is 0 Å². The first-order valence-electron chi connectivity index (χ1n) is 9.47. The molecule has 1 aromatic rings. The first-order chi connectivity index (χ1) is 11.6. The Morgan fingerprint density at radius 1 is 1.28 bits per heavy atom. The van der Waals surface area contributed by atoms with E-state index in [9.17, 15) is 0 Å². The van der Waals surface area contributed by atoms with E-state index in [1.807, 2.05) is 4.57 Å². The lowest BCUT2D eigenvalue weighted by atomic mass is 9.78. The molecule has 25 heavy (non-hydrogen) atoms. The highest BCUT2D eigenvalue weighted by molar-refractivity contribution is 14.0. The Balaban J connectivity index is 0.00000312. The predicted octanol–water partition coefficient (Wildman–Crippen LogP) is 3.58. The van der Waals surface area contributed by atoms with Crippen LogP contribution in [0.3, 0.4) is 0 Å². The van der Waals surface area contributed by atoms with Gasteiger partial charge in [-0.3, -0.25) is 0 Å². The van der Waals surface area contributed by atoms with Crippen LogP contribution in [-0.4, -0.2) is 33.8 Å². The highest BCUT2D eigenvalue weighted by Gasteiger charge is 2.34. The predicted molar refractivity (Wildman–Crippen MR) is 114 cm³/mol. The van der Waals surface area contributed by atoms with E-state index < -0.39 is 0 Å². The minimum atomic E-state index is 0. The van der Waals surface area contributed by atoms with Crippen molar-refractivity contribution in [2.75, 3.05) is 13.1 Å². The van der Waals surface area contributed by atoms with Crippen molar-refractivity contribution in [2.24, 2.45) is 16.3 Å². The van der Waals surface area contributed by atoms with E-state index in [1.165, 1.54) is 32.1 Å². The second-order valence-corrected chi connectivity index (χ2v) is 7.39. The molecule has 2 N–H and O–H groups in total. The quantitative estimate of drug-likeness (QED) is 0.352. The van der Waals surface area contributed by atoms with Crippen LogP contribution in [0, 0.1) is 11.3 Å². The van der Waals surface area contributed by atoms with Gasteiger partial charge in [0.1, 0.15) is 12.9 Å². The monoisotopic (exact) mass is 462 g/mol. The molecule has 1 aliphatic rings. The van der Waals surface area contributed by atoms with Crippen LogP contribution < -0.4 is 10.6 Å². The topological polar surface area (TPSA) is 67.1 Å². The number of rotatable bonds is 8. The molecule has 2 rings (SSSR count). The van der Waals surface area contributed by atoms with Crippen molar-refractivity contribution in [3.63, 3.8) is 0 Å². The zero-order valence-electron chi connectivity index (χ0n) is 16.2. The molecule has 0 aliphatic heterocycles. The molecule has 7 heteroatoms. The zero-order valence-corrected chi connectivity index (χ0v) is 18.5. The average molecular weight is 462 g/mol. The SMILES string of the molecule is CCNC(=NCc1nncn1CC)NCC1(CC(C)C)CCCC1.I. The molecular weight excluding hydrogens is 427 g/mol. The number of aromatic nitrogens is 3. The standard InChI is InChI=1S/C18H34N6.HI/c1-5-19-17(20-12-16-23-22-14-24(16)6-2)21-13-18(11-15(3)4)9-7-8-10-18;/h14-15H,5-13H2,1-4H3,(H2,19,20,21);1H. The summed E-state index contributed by atoms with van der Waals surface area (Å²) in [5, 5.41) is 15.1. The van der Waals surface area contributed by atoms with Crippen molar-refractivity contribution < 1.29 is 0 Å². The Hall–Kier alpha value is -0.860. The number of nitrogens with one attached hydrogen (secondary N) is 2. The number of hydrogen-bond donors (Lipinski definition) is 2. The van der Waals surface area contributed by atoms with Gasteiger partial charge < -0.3 is 15.2 Å². The molecule has 6 nitrogen and oxygen atoms in total. The van der Waals surface area contributed by atoms with Crippen LogP contribution in [0.5, 0.6) is 0 Å². The molecule has 0 spiro atoms. The van der Waals surface area contributed by atoms with Crippen molar-refractivity contribution >= 4 is 29.9 Å². The Labute approximate surface area is 169 Å². The zero-order chi connectivity index (χ0) is 17.4. The van der Waals surface area contributed by atoms with Crippen LogP contribution >= 0.6 is 24.0 Å². The Morgan fingerprint density at radius 2 is 2.00 bits per heavy atom. The summed E-state index contributed by atoms with van der Waals surface area (Å²) in [6.45, 7) is 12.2. The molecule has 0 radical (unpaired) electrons. The van der Waals surface area contributed by atoms with Gasteiger partial charge in [0.15, 0.2) is 11.8 Å². The molecule has 1 saturated carbocycles. The van der Waals surface area contributed by atoms with E-state index in [0.29, 0.717) is 12.0 Å². The Bertz CT molecular complexity index is 519. The summed E-state index contributed by atoms with van der Waals surface area (Å²) < 4.78 is 2.03. The number of nitrogens with zero attached hydrogens (tertiary/aromatic N) is 4. The maximum Gasteiger partial charge on any atom is 0.191 e. The maximum atomic E-state index is 4.71. The van der Waals surface area contributed by atoms with Gasteiger partial charge in [-0.15, -0.1) is 34.2 Å². The smallest absolute Gasteiger partial charge is 0.191 e. The van der Waals surface area contributed by atoms with E-state index in [4.69, 9.17) is 4.99 Å². The van der Waals surface area contributed by atoms with Crippen LogP contribution in [0.4, 0.5) is 0 Å². The molecule has 0 amide bonds. The van der Waals surface area contributed by atoms with Crippen molar-refractivity contribution in [3.8, 4) is 0 Å². The fourth-order valence-corrected chi connectivity index (χ4v) is 3.87. The molecule has 0 unspecified atom stereocenters. The lowest BCUT2D eigenvalue weighted by Gasteiger charge is -2.32. The second-order valence-electron chi connectivity index (χ2n) is 7.39. The van der Waals surface area contributed by atoms with Crippen LogP contribution in [0.15, 0.2) is 11.3 Å². The third-order valence-electron chi connectivity index (χ3n) is 4.90. The number of hydrogen-bond acceptors (Lipinski definition) is 3. The third kappa shape index (κ3) is 6.75. The number of aryl methyl sites for hydroxylation is 1. The van der Waals surface area contributed by atoms with Gasteiger partial charge in [-0.05, 0) is 44.4 Å². The van der Waals surface area contributed by atoms with Gasteiger partial charge >= 0.3 is 0 Å². The summed E-state index contributed by atoms with van der Waals surface area (Å²) >= 11 is 0. The van der Waals surface area contributed by atoms with Crippen LogP contribution in [0.2, 0.25) is 0 Å². The summed E-state index contributed by atoms with van der Waals surface area (Å²) in [5.74, 6) is 2.54. The molecule has 0 bridgehead atoms.